The van der Waals surface area contributed by atoms with Crippen molar-refractivity contribution in [2.75, 3.05) is 7.11 Å². The number of aromatic nitrogens is 1. The number of pyridine rings is 1. The van der Waals surface area contributed by atoms with E-state index in [2.05, 4.69) is 4.98 Å². The maximum absolute atomic E-state index is 12.1. The first kappa shape index (κ1) is 13.9. The molecule has 0 spiro atoms. The van der Waals surface area contributed by atoms with E-state index in [4.69, 9.17) is 16.4 Å². The van der Waals surface area contributed by atoms with Crippen LogP contribution in [-0.2, 0) is 16.1 Å². The van der Waals surface area contributed by atoms with Crippen LogP contribution in [0, 0.1) is 0 Å². The maximum Gasteiger partial charge on any atom is 0.251 e. The largest absolute Gasteiger partial charge is 0.274 e. The number of rotatable bonds is 3. The number of hydrogen-bond acceptors (Lipinski definition) is 3. The van der Waals surface area contributed by atoms with Crippen molar-refractivity contribution in [2.24, 2.45) is 0 Å². The van der Waals surface area contributed by atoms with Crippen molar-refractivity contribution < 1.29 is 9.63 Å². The summed E-state index contributed by atoms with van der Waals surface area (Å²) in [6, 6.07) is 3.53. The average Bonchev–Trinajstić information content (AvgIpc) is 2.20. The van der Waals surface area contributed by atoms with Crippen molar-refractivity contribution in [1.82, 2.24) is 10.0 Å². The van der Waals surface area contributed by atoms with Crippen molar-refractivity contribution in [3.05, 3.63) is 29.0 Å². The molecule has 0 aromatic carbocycles. The molecule has 0 aliphatic carbocycles. The fourth-order valence-electron chi connectivity index (χ4n) is 1.54. The van der Waals surface area contributed by atoms with Gasteiger partial charge in [0.25, 0.3) is 5.91 Å². The Balaban J connectivity index is 2.82. The Hall–Kier alpha value is -1.13. The van der Waals surface area contributed by atoms with Gasteiger partial charge in [-0.1, -0.05) is 17.7 Å². The minimum absolute atomic E-state index is 0.144. The summed E-state index contributed by atoms with van der Waals surface area (Å²) in [5.74, 6) is -0.144. The number of hydroxylamine groups is 2. The Bertz CT molecular complexity index is 402. The lowest BCUT2D eigenvalue weighted by atomic mass is 10.1. The van der Waals surface area contributed by atoms with Crippen LogP contribution in [0.3, 0.4) is 0 Å². The lowest BCUT2D eigenvalue weighted by molar-refractivity contribution is -0.200. The van der Waals surface area contributed by atoms with Crippen LogP contribution in [-0.4, -0.2) is 28.6 Å². The molecule has 0 unspecified atom stereocenters. The van der Waals surface area contributed by atoms with E-state index in [1.54, 1.807) is 18.3 Å². The molecule has 17 heavy (non-hydrogen) atoms. The SMILES string of the molecule is CON(C(=O)Cc1cccnc1Cl)C(C)(C)C. The fourth-order valence-corrected chi connectivity index (χ4v) is 1.72. The zero-order valence-corrected chi connectivity index (χ0v) is 11.3. The van der Waals surface area contributed by atoms with Crippen LogP contribution in [0.25, 0.3) is 0 Å². The number of hydrogen-bond donors (Lipinski definition) is 0. The summed E-state index contributed by atoms with van der Waals surface area (Å²) < 4.78 is 0. The summed E-state index contributed by atoms with van der Waals surface area (Å²) in [5, 5.41) is 1.70. The van der Waals surface area contributed by atoms with Crippen LogP contribution in [0.15, 0.2) is 18.3 Å². The van der Waals surface area contributed by atoms with Gasteiger partial charge in [-0.3, -0.25) is 9.63 Å². The van der Waals surface area contributed by atoms with E-state index in [1.807, 2.05) is 20.8 Å². The lowest BCUT2D eigenvalue weighted by Crippen LogP contribution is -2.45. The van der Waals surface area contributed by atoms with E-state index in [0.29, 0.717) is 10.7 Å². The molecule has 5 heteroatoms. The molecule has 4 nitrogen and oxygen atoms in total. The highest BCUT2D eigenvalue weighted by molar-refractivity contribution is 6.30. The molecular formula is C12H17ClN2O2. The van der Waals surface area contributed by atoms with Crippen LogP contribution in [0.4, 0.5) is 0 Å². The number of carbonyl (C=O) groups excluding carboxylic acids is 1. The van der Waals surface area contributed by atoms with Gasteiger partial charge in [0, 0.05) is 6.20 Å². The van der Waals surface area contributed by atoms with Crippen molar-refractivity contribution in [2.45, 2.75) is 32.7 Å². The second kappa shape index (κ2) is 5.47. The van der Waals surface area contributed by atoms with E-state index in [1.165, 1.54) is 12.2 Å². The zero-order valence-electron chi connectivity index (χ0n) is 10.5. The molecule has 1 rings (SSSR count). The summed E-state index contributed by atoms with van der Waals surface area (Å²) in [6.07, 6.45) is 1.77. The van der Waals surface area contributed by atoms with Gasteiger partial charge in [-0.05, 0) is 32.4 Å². The first-order chi connectivity index (χ1) is 7.86. The van der Waals surface area contributed by atoms with Gasteiger partial charge in [0.05, 0.1) is 19.1 Å². The monoisotopic (exact) mass is 256 g/mol. The highest BCUT2D eigenvalue weighted by atomic mass is 35.5. The van der Waals surface area contributed by atoms with Crippen LogP contribution >= 0.6 is 11.6 Å². The Morgan fingerprint density at radius 2 is 2.18 bits per heavy atom. The smallest absolute Gasteiger partial charge is 0.251 e. The van der Waals surface area contributed by atoms with E-state index < -0.39 is 0 Å². The van der Waals surface area contributed by atoms with E-state index in [9.17, 15) is 4.79 Å². The van der Waals surface area contributed by atoms with Crippen LogP contribution in [0.2, 0.25) is 5.15 Å². The predicted octanol–water partition coefficient (Wildman–Crippen LogP) is 2.47. The molecule has 1 aromatic rings. The van der Waals surface area contributed by atoms with Gasteiger partial charge in [-0.2, -0.15) is 0 Å². The summed E-state index contributed by atoms with van der Waals surface area (Å²) >= 11 is 5.91. The summed E-state index contributed by atoms with van der Waals surface area (Å²) in [6.45, 7) is 5.71. The van der Waals surface area contributed by atoms with Gasteiger partial charge in [0.15, 0.2) is 0 Å². The molecule has 0 aliphatic heterocycles. The number of amides is 1. The average molecular weight is 257 g/mol. The lowest BCUT2D eigenvalue weighted by Gasteiger charge is -2.32. The molecule has 0 fully saturated rings. The predicted molar refractivity (Wildman–Crippen MR) is 66.6 cm³/mol. The molecular weight excluding hydrogens is 240 g/mol. The third kappa shape index (κ3) is 3.68. The highest BCUT2D eigenvalue weighted by Crippen LogP contribution is 2.18. The first-order valence-electron chi connectivity index (χ1n) is 5.33. The van der Waals surface area contributed by atoms with Crippen molar-refractivity contribution in [3.8, 4) is 0 Å². The van der Waals surface area contributed by atoms with Gasteiger partial charge in [0.1, 0.15) is 5.15 Å². The van der Waals surface area contributed by atoms with Gasteiger partial charge < -0.3 is 0 Å². The van der Waals surface area contributed by atoms with E-state index >= 15 is 0 Å². The first-order valence-corrected chi connectivity index (χ1v) is 5.70. The van der Waals surface area contributed by atoms with E-state index in [-0.39, 0.29) is 17.9 Å². The summed E-state index contributed by atoms with van der Waals surface area (Å²) in [7, 11) is 1.48. The third-order valence-electron chi connectivity index (χ3n) is 2.20. The number of halogens is 1. The highest BCUT2D eigenvalue weighted by Gasteiger charge is 2.27. The molecule has 0 N–H and O–H groups in total. The molecule has 1 aromatic heterocycles. The molecule has 0 saturated carbocycles. The molecule has 0 atom stereocenters. The maximum atomic E-state index is 12.1. The molecule has 1 heterocycles. The minimum atomic E-state index is -0.388. The Morgan fingerprint density at radius 1 is 1.53 bits per heavy atom. The minimum Gasteiger partial charge on any atom is -0.274 e. The van der Waals surface area contributed by atoms with Gasteiger partial charge in [-0.25, -0.2) is 10.0 Å². The molecule has 1 amide bonds. The standard InChI is InChI=1S/C12H17ClN2O2/c1-12(2,3)15(17-4)10(16)8-9-6-5-7-14-11(9)13/h5-7H,8H2,1-4H3. The van der Waals surface area contributed by atoms with Gasteiger partial charge in [0.2, 0.25) is 0 Å². The fraction of sp³-hybridized carbons (Fsp3) is 0.500. The van der Waals surface area contributed by atoms with E-state index in [0.717, 1.165) is 0 Å². The van der Waals surface area contributed by atoms with Crippen molar-refractivity contribution >= 4 is 17.5 Å². The van der Waals surface area contributed by atoms with Crippen molar-refractivity contribution in [1.29, 1.82) is 0 Å². The topological polar surface area (TPSA) is 42.4 Å². The van der Waals surface area contributed by atoms with Crippen LogP contribution < -0.4 is 0 Å². The molecule has 0 saturated heterocycles. The normalized spacial score (nSPS) is 11.4. The molecule has 0 radical (unpaired) electrons. The molecule has 0 aliphatic rings. The second-order valence-corrected chi connectivity index (χ2v) is 5.03. The Kier molecular flexibility index (Phi) is 4.48. The Morgan fingerprint density at radius 3 is 2.65 bits per heavy atom. The second-order valence-electron chi connectivity index (χ2n) is 4.67. The Labute approximate surface area is 106 Å². The molecule has 0 bridgehead atoms. The third-order valence-corrected chi connectivity index (χ3v) is 2.54. The summed E-state index contributed by atoms with van der Waals surface area (Å²) in [5.41, 5.74) is 0.311. The van der Waals surface area contributed by atoms with Crippen LogP contribution in [0.1, 0.15) is 26.3 Å². The quantitative estimate of drug-likeness (QED) is 0.616. The number of carbonyl (C=O) groups is 1. The number of nitrogens with zero attached hydrogens (tertiary/aromatic N) is 2. The zero-order chi connectivity index (χ0) is 13.1. The van der Waals surface area contributed by atoms with Gasteiger partial charge in [-0.15, -0.1) is 0 Å². The van der Waals surface area contributed by atoms with Crippen molar-refractivity contribution in [3.63, 3.8) is 0 Å². The van der Waals surface area contributed by atoms with Gasteiger partial charge >= 0.3 is 0 Å². The molecule has 94 valence electrons. The van der Waals surface area contributed by atoms with Crippen LogP contribution in [0.5, 0.6) is 0 Å². The summed E-state index contributed by atoms with van der Waals surface area (Å²) in [4.78, 5) is 21.1.